The molecule has 0 fully saturated rings. The summed E-state index contributed by atoms with van der Waals surface area (Å²) in [7, 11) is 0. The summed E-state index contributed by atoms with van der Waals surface area (Å²) >= 11 is 3.73. The van der Waals surface area contributed by atoms with E-state index in [1.165, 1.54) is 90.2 Å². The molecular formula is C52H33NS2. The lowest BCUT2D eigenvalue weighted by atomic mass is 9.91. The number of hydrogen-bond acceptors (Lipinski definition) is 3. The van der Waals surface area contributed by atoms with Gasteiger partial charge in [0.25, 0.3) is 0 Å². The van der Waals surface area contributed by atoms with Gasteiger partial charge in [-0.15, -0.1) is 22.7 Å². The molecule has 1 nitrogen and oxygen atoms in total. The van der Waals surface area contributed by atoms with Crippen LogP contribution in [0, 0.1) is 0 Å². The summed E-state index contributed by atoms with van der Waals surface area (Å²) in [6, 6.07) is 73.5. The van der Waals surface area contributed by atoms with Gasteiger partial charge in [0.05, 0.1) is 11.4 Å². The van der Waals surface area contributed by atoms with E-state index in [-0.39, 0.29) is 0 Å². The highest BCUT2D eigenvalue weighted by Gasteiger charge is 2.22. The SMILES string of the molecule is c1cc(-c2ccccc2-c2cccc3ccccc23)cc(N(c2ccccc2-c2ccc3c(c2)sc2ccccc23)c2cccc3sc4ccccc4c23)c1. The summed E-state index contributed by atoms with van der Waals surface area (Å²) in [5, 5.41) is 7.70. The number of thiophene rings is 2. The Labute approximate surface area is 327 Å². The predicted molar refractivity (Wildman–Crippen MR) is 241 cm³/mol. The molecule has 3 heteroatoms. The molecule has 0 spiro atoms. The second-order valence-electron chi connectivity index (χ2n) is 14.0. The van der Waals surface area contributed by atoms with Gasteiger partial charge >= 0.3 is 0 Å². The maximum atomic E-state index is 2.50. The Morgan fingerprint density at radius 3 is 1.76 bits per heavy atom. The van der Waals surface area contributed by atoms with Crippen LogP contribution in [0.15, 0.2) is 200 Å². The van der Waals surface area contributed by atoms with Gasteiger partial charge in [-0.25, -0.2) is 0 Å². The lowest BCUT2D eigenvalue weighted by Gasteiger charge is -2.29. The molecule has 258 valence electrons. The molecule has 0 aliphatic heterocycles. The first-order chi connectivity index (χ1) is 27.3. The van der Waals surface area contributed by atoms with Crippen LogP contribution in [0.2, 0.25) is 0 Å². The number of anilines is 3. The van der Waals surface area contributed by atoms with Gasteiger partial charge in [-0.1, -0.05) is 152 Å². The zero-order valence-electron chi connectivity index (χ0n) is 29.8. The molecule has 11 aromatic rings. The number of fused-ring (bicyclic) bond motifs is 7. The van der Waals surface area contributed by atoms with Crippen LogP contribution >= 0.6 is 22.7 Å². The minimum absolute atomic E-state index is 1.11. The third-order valence-electron chi connectivity index (χ3n) is 10.9. The van der Waals surface area contributed by atoms with Crippen molar-refractivity contribution in [1.29, 1.82) is 0 Å². The quantitative estimate of drug-likeness (QED) is 0.164. The minimum atomic E-state index is 1.11. The van der Waals surface area contributed by atoms with Crippen molar-refractivity contribution in [3.63, 3.8) is 0 Å². The molecule has 0 N–H and O–H groups in total. The molecular weight excluding hydrogens is 703 g/mol. The molecule has 0 atom stereocenters. The van der Waals surface area contributed by atoms with E-state index in [0.717, 1.165) is 11.4 Å². The van der Waals surface area contributed by atoms with Crippen molar-refractivity contribution in [2.75, 3.05) is 4.90 Å². The third kappa shape index (κ3) is 5.35. The van der Waals surface area contributed by atoms with Crippen molar-refractivity contribution in [1.82, 2.24) is 0 Å². The van der Waals surface area contributed by atoms with Crippen LogP contribution in [0.5, 0.6) is 0 Å². The van der Waals surface area contributed by atoms with Gasteiger partial charge in [0.2, 0.25) is 0 Å². The van der Waals surface area contributed by atoms with Crippen molar-refractivity contribution in [3.8, 4) is 33.4 Å². The molecule has 0 radical (unpaired) electrons. The van der Waals surface area contributed by atoms with E-state index in [0.29, 0.717) is 0 Å². The van der Waals surface area contributed by atoms with Crippen LogP contribution in [0.4, 0.5) is 17.1 Å². The van der Waals surface area contributed by atoms with Crippen LogP contribution in [-0.2, 0) is 0 Å². The van der Waals surface area contributed by atoms with E-state index in [4.69, 9.17) is 0 Å². The summed E-state index contributed by atoms with van der Waals surface area (Å²) in [6.07, 6.45) is 0. The highest BCUT2D eigenvalue weighted by atomic mass is 32.1. The standard InChI is InChI=1S/C52H33NS2/c1-2-18-38-34(14-1)15-12-24-42(38)41-21-4-3-19-39(41)35-16-11-17-37(32-35)53(47-26-13-29-50-52(47)45-23-7-10-28-49(45)54-50)46-25-8-5-20-40(46)36-30-31-44-43-22-6-9-27-48(43)55-51(44)33-36/h1-33H. The highest BCUT2D eigenvalue weighted by Crippen LogP contribution is 2.49. The third-order valence-corrected chi connectivity index (χ3v) is 13.1. The van der Waals surface area contributed by atoms with Crippen LogP contribution < -0.4 is 4.90 Å². The zero-order valence-corrected chi connectivity index (χ0v) is 31.4. The lowest BCUT2D eigenvalue weighted by Crippen LogP contribution is -2.11. The molecule has 2 heterocycles. The fourth-order valence-electron chi connectivity index (χ4n) is 8.40. The normalized spacial score (nSPS) is 11.6. The maximum absolute atomic E-state index is 2.50. The summed E-state index contributed by atoms with van der Waals surface area (Å²) in [5.74, 6) is 0. The van der Waals surface area contributed by atoms with Gasteiger partial charge in [-0.2, -0.15) is 0 Å². The van der Waals surface area contributed by atoms with Crippen molar-refractivity contribution >= 4 is 90.9 Å². The Kier molecular flexibility index (Phi) is 7.61. The molecule has 9 aromatic carbocycles. The number of rotatable bonds is 6. The minimum Gasteiger partial charge on any atom is -0.309 e. The Bertz CT molecular complexity index is 3230. The number of para-hydroxylation sites is 1. The molecule has 0 bridgehead atoms. The molecule has 0 saturated carbocycles. The molecule has 0 saturated heterocycles. The summed E-state index contributed by atoms with van der Waals surface area (Å²) in [5.41, 5.74) is 10.7. The topological polar surface area (TPSA) is 3.24 Å². The molecule has 2 aromatic heterocycles. The van der Waals surface area contributed by atoms with E-state index >= 15 is 0 Å². The van der Waals surface area contributed by atoms with Crippen LogP contribution in [0.3, 0.4) is 0 Å². The lowest BCUT2D eigenvalue weighted by molar-refractivity contribution is 1.30. The molecule has 55 heavy (non-hydrogen) atoms. The molecule has 0 unspecified atom stereocenters. The Morgan fingerprint density at radius 2 is 0.873 bits per heavy atom. The van der Waals surface area contributed by atoms with Crippen LogP contribution in [-0.4, -0.2) is 0 Å². The second-order valence-corrected chi connectivity index (χ2v) is 16.2. The molecule has 0 amide bonds. The maximum Gasteiger partial charge on any atom is 0.0555 e. The summed E-state index contributed by atoms with van der Waals surface area (Å²) < 4.78 is 5.20. The first-order valence-electron chi connectivity index (χ1n) is 18.7. The van der Waals surface area contributed by atoms with Gasteiger partial charge < -0.3 is 4.90 Å². The number of hydrogen-bond donors (Lipinski definition) is 0. The fraction of sp³-hybridized carbons (Fsp3) is 0. The van der Waals surface area contributed by atoms with E-state index in [1.54, 1.807) is 0 Å². The number of nitrogens with zero attached hydrogens (tertiary/aromatic N) is 1. The first kappa shape index (κ1) is 32.0. The van der Waals surface area contributed by atoms with E-state index in [1.807, 2.05) is 22.7 Å². The van der Waals surface area contributed by atoms with Crippen molar-refractivity contribution in [3.05, 3.63) is 200 Å². The smallest absolute Gasteiger partial charge is 0.0555 e. The van der Waals surface area contributed by atoms with Gasteiger partial charge in [-0.3, -0.25) is 0 Å². The van der Waals surface area contributed by atoms with Crippen molar-refractivity contribution < 1.29 is 0 Å². The Morgan fingerprint density at radius 1 is 0.309 bits per heavy atom. The van der Waals surface area contributed by atoms with Gasteiger partial charge in [0.15, 0.2) is 0 Å². The van der Waals surface area contributed by atoms with E-state index in [2.05, 4.69) is 205 Å². The highest BCUT2D eigenvalue weighted by molar-refractivity contribution is 7.26. The average Bonchev–Trinajstić information content (AvgIpc) is 3.82. The van der Waals surface area contributed by atoms with E-state index < -0.39 is 0 Å². The Balaban J connectivity index is 1.15. The van der Waals surface area contributed by atoms with Crippen molar-refractivity contribution in [2.24, 2.45) is 0 Å². The zero-order chi connectivity index (χ0) is 36.3. The molecule has 0 aliphatic rings. The predicted octanol–water partition coefficient (Wildman–Crippen LogP) is 16.0. The average molecular weight is 736 g/mol. The van der Waals surface area contributed by atoms with Gasteiger partial charge in [0, 0.05) is 51.6 Å². The van der Waals surface area contributed by atoms with Gasteiger partial charge in [-0.05, 0) is 87.1 Å². The van der Waals surface area contributed by atoms with Crippen LogP contribution in [0.25, 0.3) is 84.5 Å². The number of benzene rings is 9. The molecule has 11 rings (SSSR count). The van der Waals surface area contributed by atoms with Gasteiger partial charge in [0.1, 0.15) is 0 Å². The largest absolute Gasteiger partial charge is 0.309 e. The second kappa shape index (κ2) is 13.1. The van der Waals surface area contributed by atoms with E-state index in [9.17, 15) is 0 Å². The summed E-state index contributed by atoms with van der Waals surface area (Å²) in [6.45, 7) is 0. The molecule has 0 aliphatic carbocycles. The fourth-order valence-corrected chi connectivity index (χ4v) is 10.7. The van der Waals surface area contributed by atoms with Crippen LogP contribution in [0.1, 0.15) is 0 Å². The summed E-state index contributed by atoms with van der Waals surface area (Å²) in [4.78, 5) is 2.50. The first-order valence-corrected chi connectivity index (χ1v) is 20.3. The Hall–Kier alpha value is -6.52. The van der Waals surface area contributed by atoms with Crippen molar-refractivity contribution in [2.45, 2.75) is 0 Å². The monoisotopic (exact) mass is 735 g/mol.